The molecule has 3 fully saturated rings. The first kappa shape index (κ1) is 25.1. The second kappa shape index (κ2) is 14.6. The SMILES string of the molecule is O=C(NCCN1CCCCC1)NC[C@H]1CCC[C@@H](CNC(=O)NCCN2CCCCC2)C1. The van der Waals surface area contributed by atoms with Gasteiger partial charge < -0.3 is 31.1 Å². The van der Waals surface area contributed by atoms with Crippen molar-refractivity contribution in [3.05, 3.63) is 0 Å². The van der Waals surface area contributed by atoms with Gasteiger partial charge in [0.1, 0.15) is 0 Å². The van der Waals surface area contributed by atoms with Crippen LogP contribution < -0.4 is 21.3 Å². The van der Waals surface area contributed by atoms with E-state index in [4.69, 9.17) is 0 Å². The number of nitrogens with zero attached hydrogens (tertiary/aromatic N) is 2. The number of hydrogen-bond donors (Lipinski definition) is 4. The summed E-state index contributed by atoms with van der Waals surface area (Å²) in [6.07, 6.45) is 12.4. The van der Waals surface area contributed by atoms with E-state index < -0.39 is 0 Å². The Morgan fingerprint density at radius 1 is 0.594 bits per heavy atom. The molecule has 0 spiro atoms. The minimum absolute atomic E-state index is 0.0460. The first-order valence-corrected chi connectivity index (χ1v) is 13.2. The van der Waals surface area contributed by atoms with Crippen LogP contribution in [0.2, 0.25) is 0 Å². The molecule has 0 unspecified atom stereocenters. The molecule has 1 aliphatic carbocycles. The fraction of sp³-hybridized carbons (Fsp3) is 0.917. The Morgan fingerprint density at radius 3 is 1.47 bits per heavy atom. The molecule has 8 nitrogen and oxygen atoms in total. The molecule has 184 valence electrons. The number of rotatable bonds is 10. The third-order valence-corrected chi connectivity index (χ3v) is 7.32. The van der Waals surface area contributed by atoms with Crippen LogP contribution in [0.15, 0.2) is 0 Å². The summed E-state index contributed by atoms with van der Waals surface area (Å²) in [5.74, 6) is 1.01. The summed E-state index contributed by atoms with van der Waals surface area (Å²) in [7, 11) is 0. The van der Waals surface area contributed by atoms with Crippen molar-refractivity contribution in [2.45, 2.75) is 64.2 Å². The molecule has 0 bridgehead atoms. The number of amides is 4. The average Bonchev–Trinajstić information content (AvgIpc) is 2.83. The fourth-order valence-electron chi connectivity index (χ4n) is 5.39. The lowest BCUT2D eigenvalue weighted by atomic mass is 9.81. The highest BCUT2D eigenvalue weighted by Gasteiger charge is 2.23. The number of likely N-dealkylation sites (tertiary alicyclic amines) is 2. The van der Waals surface area contributed by atoms with Gasteiger partial charge >= 0.3 is 12.1 Å². The number of urea groups is 2. The van der Waals surface area contributed by atoms with E-state index in [-0.39, 0.29) is 12.1 Å². The summed E-state index contributed by atoms with van der Waals surface area (Å²) in [6.45, 7) is 9.45. The van der Waals surface area contributed by atoms with Crippen molar-refractivity contribution < 1.29 is 9.59 Å². The van der Waals surface area contributed by atoms with Crippen molar-refractivity contribution in [2.75, 3.05) is 65.4 Å². The Morgan fingerprint density at radius 2 is 1.03 bits per heavy atom. The van der Waals surface area contributed by atoms with E-state index in [0.29, 0.717) is 11.8 Å². The van der Waals surface area contributed by atoms with E-state index in [0.717, 1.165) is 84.7 Å². The van der Waals surface area contributed by atoms with E-state index in [9.17, 15) is 9.59 Å². The molecule has 3 aliphatic rings. The van der Waals surface area contributed by atoms with Gasteiger partial charge in [-0.1, -0.05) is 19.3 Å². The Hall–Kier alpha value is -1.54. The molecule has 3 rings (SSSR count). The number of carbonyl (C=O) groups excluding carboxylic acids is 2. The number of nitrogens with one attached hydrogen (secondary N) is 4. The number of carbonyl (C=O) groups is 2. The molecule has 1 saturated carbocycles. The van der Waals surface area contributed by atoms with Crippen molar-refractivity contribution in [1.29, 1.82) is 0 Å². The second-order valence-electron chi connectivity index (χ2n) is 9.98. The van der Waals surface area contributed by atoms with Crippen LogP contribution in [0.5, 0.6) is 0 Å². The van der Waals surface area contributed by atoms with Gasteiger partial charge in [0.15, 0.2) is 0 Å². The van der Waals surface area contributed by atoms with Crippen molar-refractivity contribution in [3.63, 3.8) is 0 Å². The Labute approximate surface area is 194 Å². The Kier molecular flexibility index (Phi) is 11.4. The molecule has 2 atom stereocenters. The smallest absolute Gasteiger partial charge is 0.314 e. The van der Waals surface area contributed by atoms with Gasteiger partial charge in [0, 0.05) is 39.3 Å². The molecule has 0 aromatic heterocycles. The monoisotopic (exact) mass is 450 g/mol. The minimum Gasteiger partial charge on any atom is -0.338 e. The van der Waals surface area contributed by atoms with Gasteiger partial charge in [-0.05, 0) is 83.0 Å². The highest BCUT2D eigenvalue weighted by Crippen LogP contribution is 2.28. The zero-order valence-corrected chi connectivity index (χ0v) is 20.0. The van der Waals surface area contributed by atoms with Crippen LogP contribution in [0, 0.1) is 11.8 Å². The molecule has 0 aromatic carbocycles. The average molecular weight is 451 g/mol. The molecule has 8 heteroatoms. The van der Waals surface area contributed by atoms with Crippen molar-refractivity contribution in [1.82, 2.24) is 31.1 Å². The van der Waals surface area contributed by atoms with Crippen molar-refractivity contribution in [2.24, 2.45) is 11.8 Å². The summed E-state index contributed by atoms with van der Waals surface area (Å²) in [6, 6.07) is -0.0920. The maximum Gasteiger partial charge on any atom is 0.314 e. The van der Waals surface area contributed by atoms with Crippen molar-refractivity contribution in [3.8, 4) is 0 Å². The molecule has 32 heavy (non-hydrogen) atoms. The maximum atomic E-state index is 12.1. The van der Waals surface area contributed by atoms with Gasteiger partial charge in [0.25, 0.3) is 0 Å². The van der Waals surface area contributed by atoms with Crippen LogP contribution in [-0.2, 0) is 0 Å². The number of hydrogen-bond acceptors (Lipinski definition) is 4. The quantitative estimate of drug-likeness (QED) is 0.411. The molecular formula is C24H46N6O2. The van der Waals surface area contributed by atoms with Crippen LogP contribution in [0.25, 0.3) is 0 Å². The van der Waals surface area contributed by atoms with E-state index in [2.05, 4.69) is 31.1 Å². The molecule has 4 amide bonds. The van der Waals surface area contributed by atoms with E-state index >= 15 is 0 Å². The van der Waals surface area contributed by atoms with Gasteiger partial charge in [-0.2, -0.15) is 0 Å². The van der Waals surface area contributed by atoms with Gasteiger partial charge in [0.05, 0.1) is 0 Å². The van der Waals surface area contributed by atoms with Crippen molar-refractivity contribution >= 4 is 12.1 Å². The lowest BCUT2D eigenvalue weighted by Gasteiger charge is -2.30. The first-order chi connectivity index (χ1) is 15.7. The molecule has 4 N–H and O–H groups in total. The molecular weight excluding hydrogens is 404 g/mol. The third-order valence-electron chi connectivity index (χ3n) is 7.32. The van der Waals surface area contributed by atoms with Crippen LogP contribution in [0.4, 0.5) is 9.59 Å². The largest absolute Gasteiger partial charge is 0.338 e. The lowest BCUT2D eigenvalue weighted by Crippen LogP contribution is -2.44. The third kappa shape index (κ3) is 9.94. The van der Waals surface area contributed by atoms with Gasteiger partial charge in [-0.3, -0.25) is 0 Å². The van der Waals surface area contributed by atoms with Gasteiger partial charge in [-0.25, -0.2) is 9.59 Å². The van der Waals surface area contributed by atoms with Gasteiger partial charge in [0.2, 0.25) is 0 Å². The minimum atomic E-state index is -0.0460. The molecule has 0 radical (unpaired) electrons. The molecule has 2 aliphatic heterocycles. The zero-order valence-electron chi connectivity index (χ0n) is 20.0. The summed E-state index contributed by atoms with van der Waals surface area (Å²) in [5.41, 5.74) is 0. The van der Waals surface area contributed by atoms with E-state index in [1.54, 1.807) is 0 Å². The van der Waals surface area contributed by atoms with E-state index in [1.807, 2.05) is 0 Å². The lowest BCUT2D eigenvalue weighted by molar-refractivity contribution is 0.212. The molecule has 2 saturated heterocycles. The Bertz CT molecular complexity index is 503. The summed E-state index contributed by atoms with van der Waals surface area (Å²) >= 11 is 0. The standard InChI is InChI=1S/C24H46N6O2/c31-23(25-10-16-29-12-3-1-4-13-29)27-19-21-8-7-9-22(18-21)20-28-24(32)26-11-17-30-14-5-2-6-15-30/h21-22H,1-20H2,(H2,25,27,31)(H2,26,28,32)/t21-,22+. The molecule has 0 aromatic rings. The van der Waals surface area contributed by atoms with E-state index in [1.165, 1.54) is 44.9 Å². The molecule has 2 heterocycles. The van der Waals surface area contributed by atoms with Crippen LogP contribution >= 0.6 is 0 Å². The number of piperidine rings is 2. The Balaban J connectivity index is 1.20. The normalized spacial score (nSPS) is 25.1. The maximum absolute atomic E-state index is 12.1. The fourth-order valence-corrected chi connectivity index (χ4v) is 5.39. The zero-order chi connectivity index (χ0) is 22.4. The van der Waals surface area contributed by atoms with Crippen LogP contribution in [0.1, 0.15) is 64.2 Å². The topological polar surface area (TPSA) is 88.7 Å². The highest BCUT2D eigenvalue weighted by molar-refractivity contribution is 5.74. The predicted molar refractivity (Wildman–Crippen MR) is 129 cm³/mol. The highest BCUT2D eigenvalue weighted by atomic mass is 16.2. The summed E-state index contributed by atoms with van der Waals surface area (Å²) in [4.78, 5) is 29.1. The second-order valence-corrected chi connectivity index (χ2v) is 9.98. The first-order valence-electron chi connectivity index (χ1n) is 13.2. The van der Waals surface area contributed by atoms with Crippen LogP contribution in [-0.4, -0.2) is 87.3 Å². The summed E-state index contributed by atoms with van der Waals surface area (Å²) in [5, 5.41) is 12.1. The predicted octanol–water partition coefficient (Wildman–Crippen LogP) is 2.36. The van der Waals surface area contributed by atoms with Crippen LogP contribution in [0.3, 0.4) is 0 Å². The van der Waals surface area contributed by atoms with Gasteiger partial charge in [-0.15, -0.1) is 0 Å². The summed E-state index contributed by atoms with van der Waals surface area (Å²) < 4.78 is 0.